The second kappa shape index (κ2) is 6.61. The van der Waals surface area contributed by atoms with Crippen LogP contribution in [0.1, 0.15) is 59.3 Å². The molecule has 0 bridgehead atoms. The summed E-state index contributed by atoms with van der Waals surface area (Å²) in [7, 11) is 0. The number of aliphatic hydroxyl groups is 2. The van der Waals surface area contributed by atoms with Gasteiger partial charge in [-0.05, 0) is 74.9 Å². The second-order valence-electron chi connectivity index (χ2n) is 8.27. The molecule has 0 heterocycles. The molecule has 0 aliphatic heterocycles. The van der Waals surface area contributed by atoms with E-state index in [1.165, 1.54) is 16.7 Å². The first-order valence-electron chi connectivity index (χ1n) is 9.26. The van der Waals surface area contributed by atoms with Gasteiger partial charge in [0.1, 0.15) is 5.78 Å². The molecule has 132 valence electrons. The van der Waals surface area contributed by atoms with E-state index in [-0.39, 0.29) is 23.2 Å². The van der Waals surface area contributed by atoms with Gasteiger partial charge in [0.15, 0.2) is 0 Å². The first kappa shape index (κ1) is 17.6. The van der Waals surface area contributed by atoms with Gasteiger partial charge in [0.2, 0.25) is 0 Å². The predicted octanol–water partition coefficient (Wildman–Crippen LogP) is 3.72. The Kier molecular flexibility index (Phi) is 4.85. The van der Waals surface area contributed by atoms with Gasteiger partial charge in [0.05, 0.1) is 12.2 Å². The van der Waals surface area contributed by atoms with Crippen molar-refractivity contribution < 1.29 is 15.0 Å². The van der Waals surface area contributed by atoms with Gasteiger partial charge in [-0.15, -0.1) is 0 Å². The van der Waals surface area contributed by atoms with Crippen molar-refractivity contribution >= 4 is 5.78 Å². The fraction of sp³-hybridized carbons (Fsp3) is 0.667. The highest BCUT2D eigenvalue weighted by molar-refractivity contribution is 5.79. The van der Waals surface area contributed by atoms with E-state index in [1.54, 1.807) is 6.92 Å². The summed E-state index contributed by atoms with van der Waals surface area (Å²) >= 11 is 0. The van der Waals surface area contributed by atoms with Gasteiger partial charge in [-0.25, -0.2) is 0 Å². The average Bonchev–Trinajstić information content (AvgIpc) is 2.84. The monoisotopic (exact) mass is 330 g/mol. The standard InChI is InChI=1S/C21H30O3/c1-13-4-7-17(23)10-15(13)5-6-16-11-18(24)12-21(3)19(14(2)22)8-9-20(16)21/h5-6,11,17-20,23-24H,4,7-10,12H2,1-3H3/t17-,18-,19+,20-,21+/m0/s1. The molecule has 0 saturated heterocycles. The highest BCUT2D eigenvalue weighted by Gasteiger charge is 2.51. The number of aliphatic hydroxyl groups excluding tert-OH is 2. The topological polar surface area (TPSA) is 57.5 Å². The van der Waals surface area contributed by atoms with E-state index >= 15 is 0 Å². The van der Waals surface area contributed by atoms with Crippen molar-refractivity contribution in [1.82, 2.24) is 0 Å². The second-order valence-corrected chi connectivity index (χ2v) is 8.27. The number of ketones is 1. The van der Waals surface area contributed by atoms with E-state index in [0.717, 1.165) is 32.1 Å². The molecule has 1 fully saturated rings. The Balaban J connectivity index is 1.86. The van der Waals surface area contributed by atoms with Crippen LogP contribution in [0.15, 0.2) is 34.9 Å². The number of carbonyl (C=O) groups excluding carboxylic acids is 1. The molecule has 0 unspecified atom stereocenters. The molecule has 0 radical (unpaired) electrons. The lowest BCUT2D eigenvalue weighted by Gasteiger charge is -2.41. The fourth-order valence-corrected chi connectivity index (χ4v) is 5.24. The van der Waals surface area contributed by atoms with Crippen molar-refractivity contribution in [2.45, 2.75) is 71.5 Å². The van der Waals surface area contributed by atoms with Crippen molar-refractivity contribution in [1.29, 1.82) is 0 Å². The normalized spacial score (nSPS) is 40.0. The molecule has 0 amide bonds. The molecule has 0 spiro atoms. The number of hydrogen-bond donors (Lipinski definition) is 2. The van der Waals surface area contributed by atoms with E-state index in [0.29, 0.717) is 12.3 Å². The largest absolute Gasteiger partial charge is 0.393 e. The van der Waals surface area contributed by atoms with Gasteiger partial charge in [-0.2, -0.15) is 0 Å². The molecule has 3 heteroatoms. The highest BCUT2D eigenvalue weighted by Crippen LogP contribution is 2.56. The molecule has 3 aliphatic carbocycles. The molecule has 3 aliphatic rings. The molecule has 24 heavy (non-hydrogen) atoms. The van der Waals surface area contributed by atoms with Crippen LogP contribution >= 0.6 is 0 Å². The molecule has 5 atom stereocenters. The van der Waals surface area contributed by atoms with E-state index in [4.69, 9.17) is 0 Å². The zero-order valence-electron chi connectivity index (χ0n) is 15.1. The predicted molar refractivity (Wildman–Crippen MR) is 95.4 cm³/mol. The molecule has 1 saturated carbocycles. The van der Waals surface area contributed by atoms with E-state index < -0.39 is 6.10 Å². The van der Waals surface area contributed by atoms with Gasteiger partial charge in [0.25, 0.3) is 0 Å². The third-order valence-electron chi connectivity index (χ3n) is 6.60. The maximum Gasteiger partial charge on any atom is 0.133 e. The maximum atomic E-state index is 12.0. The SMILES string of the molecule is CC(=O)[C@H]1CC[C@H]2C(C=CC3=C(C)CC[C@H](O)C3)=C[C@H](O)C[C@]12C. The van der Waals surface area contributed by atoms with Crippen LogP contribution in [0.2, 0.25) is 0 Å². The lowest BCUT2D eigenvalue weighted by molar-refractivity contribution is -0.124. The van der Waals surface area contributed by atoms with E-state index in [1.807, 2.05) is 6.08 Å². The number of hydrogen-bond acceptors (Lipinski definition) is 3. The van der Waals surface area contributed by atoms with Crippen molar-refractivity contribution in [2.24, 2.45) is 17.3 Å². The number of fused-ring (bicyclic) bond motifs is 1. The fourth-order valence-electron chi connectivity index (χ4n) is 5.24. The van der Waals surface area contributed by atoms with Crippen molar-refractivity contribution in [2.75, 3.05) is 0 Å². The number of allylic oxidation sites excluding steroid dienone is 4. The van der Waals surface area contributed by atoms with Crippen molar-refractivity contribution in [3.63, 3.8) is 0 Å². The van der Waals surface area contributed by atoms with Crippen LogP contribution in [0, 0.1) is 17.3 Å². The van der Waals surface area contributed by atoms with Crippen LogP contribution in [0.5, 0.6) is 0 Å². The third-order valence-corrected chi connectivity index (χ3v) is 6.60. The van der Waals surface area contributed by atoms with Gasteiger partial charge in [-0.3, -0.25) is 4.79 Å². The summed E-state index contributed by atoms with van der Waals surface area (Å²) in [6, 6.07) is 0. The van der Waals surface area contributed by atoms with Crippen LogP contribution in [0.4, 0.5) is 0 Å². The van der Waals surface area contributed by atoms with Crippen molar-refractivity contribution in [3.8, 4) is 0 Å². The van der Waals surface area contributed by atoms with Crippen molar-refractivity contribution in [3.05, 3.63) is 34.9 Å². The zero-order valence-corrected chi connectivity index (χ0v) is 15.1. The molecule has 0 aromatic rings. The van der Waals surface area contributed by atoms with Gasteiger partial charge in [-0.1, -0.05) is 30.7 Å². The van der Waals surface area contributed by atoms with Crippen LogP contribution in [0.3, 0.4) is 0 Å². The minimum absolute atomic E-state index is 0.0618. The van der Waals surface area contributed by atoms with E-state index in [2.05, 4.69) is 26.0 Å². The van der Waals surface area contributed by atoms with Crippen LogP contribution in [-0.4, -0.2) is 28.2 Å². The minimum Gasteiger partial charge on any atom is -0.393 e. The Morgan fingerprint density at radius 3 is 2.71 bits per heavy atom. The first-order valence-corrected chi connectivity index (χ1v) is 9.26. The van der Waals surface area contributed by atoms with Crippen LogP contribution in [-0.2, 0) is 4.79 Å². The maximum absolute atomic E-state index is 12.0. The van der Waals surface area contributed by atoms with Crippen LogP contribution < -0.4 is 0 Å². The summed E-state index contributed by atoms with van der Waals surface area (Å²) in [5.41, 5.74) is 3.61. The average molecular weight is 330 g/mol. The summed E-state index contributed by atoms with van der Waals surface area (Å²) < 4.78 is 0. The Morgan fingerprint density at radius 2 is 2.00 bits per heavy atom. The van der Waals surface area contributed by atoms with Crippen LogP contribution in [0.25, 0.3) is 0 Å². The van der Waals surface area contributed by atoms with Gasteiger partial charge >= 0.3 is 0 Å². The minimum atomic E-state index is -0.474. The highest BCUT2D eigenvalue weighted by atomic mass is 16.3. The molecule has 0 aromatic carbocycles. The first-order chi connectivity index (χ1) is 11.3. The zero-order chi connectivity index (χ0) is 17.5. The number of Topliss-reactive ketones (excluding diaryl/α,β-unsaturated/α-hetero) is 1. The molecule has 0 aromatic heterocycles. The summed E-state index contributed by atoms with van der Waals surface area (Å²) in [5, 5.41) is 20.3. The van der Waals surface area contributed by atoms with E-state index in [9.17, 15) is 15.0 Å². The quantitative estimate of drug-likeness (QED) is 0.829. The molecular formula is C21H30O3. The summed E-state index contributed by atoms with van der Waals surface area (Å²) in [5.74, 6) is 0.665. The third kappa shape index (κ3) is 3.16. The lowest BCUT2D eigenvalue weighted by atomic mass is 9.63. The number of rotatable bonds is 3. The smallest absolute Gasteiger partial charge is 0.133 e. The molecular weight excluding hydrogens is 300 g/mol. The molecule has 3 nitrogen and oxygen atoms in total. The molecule has 2 N–H and O–H groups in total. The lowest BCUT2D eigenvalue weighted by Crippen LogP contribution is -2.39. The summed E-state index contributed by atoms with van der Waals surface area (Å²) in [4.78, 5) is 12.0. The Morgan fingerprint density at radius 1 is 1.25 bits per heavy atom. The van der Waals surface area contributed by atoms with Gasteiger partial charge in [0, 0.05) is 5.92 Å². The Hall–Kier alpha value is -1.19. The Labute approximate surface area is 145 Å². The van der Waals surface area contributed by atoms with Gasteiger partial charge < -0.3 is 10.2 Å². The Bertz CT molecular complexity index is 613. The number of carbonyl (C=O) groups is 1. The summed E-state index contributed by atoms with van der Waals surface area (Å²) in [6.45, 7) is 6.01. The summed E-state index contributed by atoms with van der Waals surface area (Å²) in [6.07, 6.45) is 10.7. The molecule has 3 rings (SSSR count).